The number of fused-ring (bicyclic) bond motifs is 2. The molecule has 0 aliphatic carbocycles. The lowest BCUT2D eigenvalue weighted by Crippen LogP contribution is -2.36. The molecule has 0 spiro atoms. The average Bonchev–Trinajstić information content (AvgIpc) is 2.88. The lowest BCUT2D eigenvalue weighted by molar-refractivity contribution is 0.0748. The Morgan fingerprint density at radius 3 is 2.67 bits per heavy atom. The highest BCUT2D eigenvalue weighted by atomic mass is 16.5. The molecule has 0 radical (unpaired) electrons. The van der Waals surface area contributed by atoms with Crippen LogP contribution in [-0.2, 0) is 17.7 Å². The van der Waals surface area contributed by atoms with Crippen LogP contribution in [0.3, 0.4) is 0 Å². The number of ether oxygens (including phenoxy) is 2. The summed E-state index contributed by atoms with van der Waals surface area (Å²) in [6, 6.07) is 14.4. The predicted molar refractivity (Wildman–Crippen MR) is 138 cm³/mol. The minimum absolute atomic E-state index is 0.0150. The third-order valence-corrected chi connectivity index (χ3v) is 5.90. The molecule has 0 saturated heterocycles. The number of carbonyl (C=O) groups excluding carboxylic acids is 1. The monoisotopic (exact) mass is 489 g/mol. The van der Waals surface area contributed by atoms with Crippen LogP contribution in [-0.4, -0.2) is 46.2 Å². The summed E-state index contributed by atoms with van der Waals surface area (Å²) in [5, 5.41) is 12.0. The van der Waals surface area contributed by atoms with E-state index in [4.69, 9.17) is 14.9 Å². The van der Waals surface area contributed by atoms with Crippen LogP contribution in [0.15, 0.2) is 59.5 Å². The van der Waals surface area contributed by atoms with Crippen LogP contribution >= 0.6 is 0 Å². The molecule has 9 nitrogen and oxygen atoms in total. The number of hydrogen-bond acceptors (Lipinski definition) is 6. The Balaban J connectivity index is 1.65. The van der Waals surface area contributed by atoms with E-state index in [2.05, 4.69) is 10.3 Å². The van der Waals surface area contributed by atoms with Gasteiger partial charge in [-0.05, 0) is 62.6 Å². The number of carbonyl (C=O) groups is 1. The number of methoxy groups -OCH3 is 1. The summed E-state index contributed by atoms with van der Waals surface area (Å²) in [5.41, 5.74) is 1.79. The highest BCUT2D eigenvalue weighted by Gasteiger charge is 2.17. The molecule has 36 heavy (non-hydrogen) atoms. The van der Waals surface area contributed by atoms with Crippen molar-refractivity contribution < 1.29 is 14.3 Å². The van der Waals surface area contributed by atoms with Gasteiger partial charge in [0.2, 0.25) is 0 Å². The van der Waals surface area contributed by atoms with Crippen LogP contribution in [0.5, 0.6) is 5.75 Å². The smallest absolute Gasteiger partial charge is 0.267 e. The first-order valence-corrected chi connectivity index (χ1v) is 12.0. The molecule has 3 aromatic heterocycles. The zero-order chi connectivity index (χ0) is 25.7. The van der Waals surface area contributed by atoms with Crippen LogP contribution in [0.2, 0.25) is 0 Å². The summed E-state index contributed by atoms with van der Waals surface area (Å²) in [6.45, 7) is 5.20. The molecular weight excluding hydrogens is 458 g/mol. The largest absolute Gasteiger partial charge is 0.497 e. The lowest BCUT2D eigenvalue weighted by atomic mass is 10.1. The minimum atomic E-state index is -0.403. The van der Waals surface area contributed by atoms with E-state index in [1.807, 2.05) is 38.1 Å². The maximum absolute atomic E-state index is 13.3. The molecule has 0 aliphatic rings. The van der Waals surface area contributed by atoms with Gasteiger partial charge in [0.1, 0.15) is 22.5 Å². The Labute approximate surface area is 208 Å². The van der Waals surface area contributed by atoms with Gasteiger partial charge in [0.25, 0.3) is 11.5 Å². The van der Waals surface area contributed by atoms with Crippen molar-refractivity contribution in [3.63, 3.8) is 0 Å². The molecule has 188 valence electrons. The van der Waals surface area contributed by atoms with E-state index in [1.54, 1.807) is 36.1 Å². The second-order valence-corrected chi connectivity index (χ2v) is 8.77. The van der Waals surface area contributed by atoms with Gasteiger partial charge in [-0.15, -0.1) is 0 Å². The molecule has 0 saturated carbocycles. The Kier molecular flexibility index (Phi) is 7.80. The first-order chi connectivity index (χ1) is 17.4. The van der Waals surface area contributed by atoms with Crippen molar-refractivity contribution in [2.75, 3.05) is 20.3 Å². The van der Waals surface area contributed by atoms with Crippen molar-refractivity contribution in [2.24, 2.45) is 0 Å². The summed E-state index contributed by atoms with van der Waals surface area (Å²) >= 11 is 0. The lowest BCUT2D eigenvalue weighted by Gasteiger charge is -2.15. The maximum Gasteiger partial charge on any atom is 0.267 e. The number of nitrogens with zero attached hydrogens (tertiary/aromatic N) is 3. The molecule has 0 unspecified atom stereocenters. The van der Waals surface area contributed by atoms with Crippen LogP contribution in [0.1, 0.15) is 36.2 Å². The second kappa shape index (κ2) is 11.2. The summed E-state index contributed by atoms with van der Waals surface area (Å²) in [7, 11) is 1.62. The number of pyridine rings is 2. The standard InChI is InChI=1S/C27H31N5O4/c1-18(2)36-16-6-15-32-24(28)21(26(33)29-13-12-19-8-10-20(35-3)11-9-19)17-22-25(32)30-23-7-4-5-14-31(23)27(22)34/h4-5,7-11,14,17-18,28H,6,12-13,15-16H2,1-3H3,(H,29,33). The molecule has 4 rings (SSSR count). The van der Waals surface area contributed by atoms with E-state index in [0.29, 0.717) is 49.2 Å². The van der Waals surface area contributed by atoms with Crippen molar-refractivity contribution in [2.45, 2.75) is 39.3 Å². The third-order valence-electron chi connectivity index (χ3n) is 5.90. The van der Waals surface area contributed by atoms with Crippen molar-refractivity contribution >= 4 is 22.6 Å². The number of aromatic nitrogens is 3. The van der Waals surface area contributed by atoms with E-state index in [9.17, 15) is 9.59 Å². The number of benzene rings is 1. The van der Waals surface area contributed by atoms with Crippen molar-refractivity contribution in [3.8, 4) is 5.75 Å². The van der Waals surface area contributed by atoms with Crippen molar-refractivity contribution in [3.05, 3.63) is 81.7 Å². The van der Waals surface area contributed by atoms with E-state index in [-0.39, 0.29) is 22.7 Å². The maximum atomic E-state index is 13.3. The topological polar surface area (TPSA) is 111 Å². The minimum Gasteiger partial charge on any atom is -0.497 e. The van der Waals surface area contributed by atoms with Crippen LogP contribution in [0.25, 0.3) is 16.7 Å². The fraction of sp³-hybridized carbons (Fsp3) is 0.333. The van der Waals surface area contributed by atoms with Crippen LogP contribution < -0.4 is 21.1 Å². The Bertz CT molecular complexity index is 1490. The molecule has 0 aliphatic heterocycles. The Morgan fingerprint density at radius 1 is 1.17 bits per heavy atom. The zero-order valence-electron chi connectivity index (χ0n) is 20.8. The van der Waals surface area contributed by atoms with E-state index < -0.39 is 5.91 Å². The highest BCUT2D eigenvalue weighted by molar-refractivity contribution is 5.96. The van der Waals surface area contributed by atoms with Gasteiger partial charge in [-0.3, -0.25) is 19.4 Å². The van der Waals surface area contributed by atoms with E-state index in [1.165, 1.54) is 10.5 Å². The first-order valence-electron chi connectivity index (χ1n) is 12.0. The van der Waals surface area contributed by atoms with Gasteiger partial charge in [0.05, 0.1) is 24.2 Å². The second-order valence-electron chi connectivity index (χ2n) is 8.77. The van der Waals surface area contributed by atoms with Crippen LogP contribution in [0.4, 0.5) is 0 Å². The quantitative estimate of drug-likeness (QED) is 0.263. The molecule has 3 heterocycles. The first kappa shape index (κ1) is 25.1. The zero-order valence-corrected chi connectivity index (χ0v) is 20.8. The molecule has 0 bridgehead atoms. The van der Waals surface area contributed by atoms with Gasteiger partial charge in [0, 0.05) is 25.9 Å². The molecule has 4 aromatic rings. The Morgan fingerprint density at radius 2 is 1.94 bits per heavy atom. The summed E-state index contributed by atoms with van der Waals surface area (Å²) in [6.07, 6.45) is 2.98. The number of aryl methyl sites for hydroxylation is 1. The summed E-state index contributed by atoms with van der Waals surface area (Å²) < 4.78 is 13.9. The third kappa shape index (κ3) is 5.46. The number of nitrogens with one attached hydrogen (secondary N) is 2. The fourth-order valence-electron chi connectivity index (χ4n) is 4.03. The highest BCUT2D eigenvalue weighted by Crippen LogP contribution is 2.13. The average molecular weight is 490 g/mol. The molecule has 2 N–H and O–H groups in total. The predicted octanol–water partition coefficient (Wildman–Crippen LogP) is 2.92. The van der Waals surface area contributed by atoms with Crippen LogP contribution in [0, 0.1) is 5.41 Å². The normalized spacial score (nSPS) is 11.3. The van der Waals surface area contributed by atoms with Gasteiger partial charge < -0.3 is 19.4 Å². The number of hydrogen-bond donors (Lipinski definition) is 2. The molecule has 9 heteroatoms. The van der Waals surface area contributed by atoms with Gasteiger partial charge in [-0.1, -0.05) is 18.2 Å². The van der Waals surface area contributed by atoms with E-state index >= 15 is 0 Å². The Hall–Kier alpha value is -3.98. The molecule has 1 aromatic carbocycles. The van der Waals surface area contributed by atoms with Gasteiger partial charge in [-0.25, -0.2) is 4.98 Å². The number of rotatable bonds is 10. The van der Waals surface area contributed by atoms with Gasteiger partial charge in [0.15, 0.2) is 0 Å². The molecule has 0 atom stereocenters. The molecule has 0 fully saturated rings. The molecule has 1 amide bonds. The summed E-state index contributed by atoms with van der Waals surface area (Å²) in [5.74, 6) is 0.369. The summed E-state index contributed by atoms with van der Waals surface area (Å²) in [4.78, 5) is 31.1. The van der Waals surface area contributed by atoms with Crippen molar-refractivity contribution in [1.82, 2.24) is 19.3 Å². The van der Waals surface area contributed by atoms with E-state index in [0.717, 1.165) is 11.3 Å². The SMILES string of the molecule is COc1ccc(CCNC(=O)c2cc3c(=O)n4ccccc4nc3n(CCCOC(C)C)c2=N)cc1. The molecular formula is C27H31N5O4. The number of amides is 1. The fourth-order valence-corrected chi connectivity index (χ4v) is 4.03. The van der Waals surface area contributed by atoms with Crippen molar-refractivity contribution in [1.29, 1.82) is 5.41 Å². The van der Waals surface area contributed by atoms with Gasteiger partial charge in [-0.2, -0.15) is 0 Å². The van der Waals surface area contributed by atoms with Gasteiger partial charge >= 0.3 is 0 Å².